The second-order valence-corrected chi connectivity index (χ2v) is 4.93. The maximum atomic E-state index is 13.1. The predicted octanol–water partition coefficient (Wildman–Crippen LogP) is 3.17. The molecule has 1 aliphatic carbocycles. The largest absolute Gasteiger partial charge is 0.378 e. The van der Waals surface area contributed by atoms with Crippen LogP contribution in [0, 0.1) is 17.6 Å². The fourth-order valence-corrected chi connectivity index (χ4v) is 2.48. The third-order valence-electron chi connectivity index (χ3n) is 3.55. The van der Waals surface area contributed by atoms with E-state index in [0.29, 0.717) is 17.6 Å². The summed E-state index contributed by atoms with van der Waals surface area (Å²) < 4.78 is 31.4. The first kappa shape index (κ1) is 13.4. The number of hydrogen-bond donors (Lipinski definition) is 1. The first-order valence-electron chi connectivity index (χ1n) is 6.42. The van der Waals surface area contributed by atoms with E-state index in [1.165, 1.54) is 6.07 Å². The van der Waals surface area contributed by atoms with E-state index < -0.39 is 11.6 Å². The topological polar surface area (TPSA) is 35.2 Å². The van der Waals surface area contributed by atoms with E-state index in [4.69, 9.17) is 10.5 Å². The van der Waals surface area contributed by atoms with Gasteiger partial charge in [0.15, 0.2) is 11.6 Å². The van der Waals surface area contributed by atoms with Gasteiger partial charge in [0.25, 0.3) is 0 Å². The summed E-state index contributed by atoms with van der Waals surface area (Å²) in [5.74, 6) is -1.13. The highest BCUT2D eigenvalue weighted by atomic mass is 19.2. The Balaban J connectivity index is 1.85. The molecule has 2 nitrogen and oxygen atoms in total. The van der Waals surface area contributed by atoms with Crippen LogP contribution in [0.3, 0.4) is 0 Å². The highest BCUT2D eigenvalue weighted by Gasteiger charge is 2.30. The zero-order valence-corrected chi connectivity index (χ0v) is 10.5. The van der Waals surface area contributed by atoms with Crippen LogP contribution < -0.4 is 5.73 Å². The molecule has 100 valence electrons. The van der Waals surface area contributed by atoms with Gasteiger partial charge in [0, 0.05) is 12.6 Å². The van der Waals surface area contributed by atoms with Crippen molar-refractivity contribution in [2.24, 2.45) is 11.7 Å². The molecule has 2 rings (SSSR count). The van der Waals surface area contributed by atoms with Crippen molar-refractivity contribution in [2.45, 2.75) is 38.3 Å². The minimum atomic E-state index is -0.830. The fourth-order valence-electron chi connectivity index (χ4n) is 2.48. The molecule has 1 aromatic rings. The summed E-state index contributed by atoms with van der Waals surface area (Å²) in [6.07, 6.45) is 3.20. The lowest BCUT2D eigenvalue weighted by molar-refractivity contribution is -0.0282. The lowest BCUT2D eigenvalue weighted by atomic mass is 9.77. The lowest BCUT2D eigenvalue weighted by Crippen LogP contribution is -2.33. The molecule has 18 heavy (non-hydrogen) atoms. The van der Waals surface area contributed by atoms with Crippen molar-refractivity contribution < 1.29 is 13.5 Å². The van der Waals surface area contributed by atoms with Gasteiger partial charge in [-0.15, -0.1) is 0 Å². The summed E-state index contributed by atoms with van der Waals surface area (Å²) in [6.45, 7) is 2.73. The van der Waals surface area contributed by atoms with Crippen molar-refractivity contribution in [3.63, 3.8) is 0 Å². The maximum Gasteiger partial charge on any atom is 0.159 e. The Bertz CT molecular complexity index is 405. The van der Waals surface area contributed by atoms with Crippen LogP contribution in [0.4, 0.5) is 8.78 Å². The van der Waals surface area contributed by atoms with Crippen LogP contribution in [0.25, 0.3) is 0 Å². The molecule has 0 aromatic heterocycles. The molecule has 1 saturated carbocycles. The van der Waals surface area contributed by atoms with Crippen LogP contribution >= 0.6 is 0 Å². The van der Waals surface area contributed by atoms with Crippen molar-refractivity contribution in [3.05, 3.63) is 35.4 Å². The monoisotopic (exact) mass is 255 g/mol. The van der Waals surface area contributed by atoms with E-state index >= 15 is 0 Å². The SMILES string of the molecule is CCOC1CC(CC(N)c2ccc(F)c(F)c2)C1. The van der Waals surface area contributed by atoms with Crippen molar-refractivity contribution in [3.8, 4) is 0 Å². The second-order valence-electron chi connectivity index (χ2n) is 4.93. The van der Waals surface area contributed by atoms with E-state index in [0.717, 1.165) is 31.9 Å². The first-order chi connectivity index (χ1) is 8.60. The van der Waals surface area contributed by atoms with Crippen molar-refractivity contribution in [1.29, 1.82) is 0 Å². The van der Waals surface area contributed by atoms with Crippen molar-refractivity contribution >= 4 is 0 Å². The van der Waals surface area contributed by atoms with Gasteiger partial charge in [0.2, 0.25) is 0 Å². The Morgan fingerprint density at radius 3 is 2.67 bits per heavy atom. The Labute approximate surface area is 106 Å². The van der Waals surface area contributed by atoms with E-state index in [1.807, 2.05) is 6.92 Å². The number of ether oxygens (including phenoxy) is 1. The van der Waals surface area contributed by atoms with Crippen LogP contribution in [0.2, 0.25) is 0 Å². The van der Waals surface area contributed by atoms with E-state index in [-0.39, 0.29) is 6.04 Å². The number of rotatable bonds is 5. The molecular weight excluding hydrogens is 236 g/mol. The molecular formula is C14H19F2NO. The Hall–Kier alpha value is -1.00. The highest BCUT2D eigenvalue weighted by molar-refractivity contribution is 5.21. The van der Waals surface area contributed by atoms with Gasteiger partial charge < -0.3 is 10.5 Å². The molecule has 1 atom stereocenters. The number of halogens is 2. The molecule has 0 saturated heterocycles. The summed E-state index contributed by atoms with van der Waals surface area (Å²) in [4.78, 5) is 0. The standard InChI is InChI=1S/C14H19F2NO/c1-2-18-11-5-9(6-11)7-14(17)10-3-4-12(15)13(16)8-10/h3-4,8-9,11,14H,2,5-7,17H2,1H3. The predicted molar refractivity (Wildman–Crippen MR) is 66.0 cm³/mol. The molecule has 0 spiro atoms. The zero-order chi connectivity index (χ0) is 13.1. The van der Waals surface area contributed by atoms with Crippen molar-refractivity contribution in [2.75, 3.05) is 6.61 Å². The third kappa shape index (κ3) is 3.06. The molecule has 1 unspecified atom stereocenters. The van der Waals surface area contributed by atoms with Gasteiger partial charge in [-0.25, -0.2) is 8.78 Å². The summed E-state index contributed by atoms with van der Waals surface area (Å²) in [6, 6.07) is 3.65. The highest BCUT2D eigenvalue weighted by Crippen LogP contribution is 2.36. The molecule has 1 fully saturated rings. The van der Waals surface area contributed by atoms with Crippen LogP contribution in [-0.4, -0.2) is 12.7 Å². The van der Waals surface area contributed by atoms with Gasteiger partial charge in [0.1, 0.15) is 0 Å². The van der Waals surface area contributed by atoms with Crippen LogP contribution in [0.1, 0.15) is 37.8 Å². The van der Waals surface area contributed by atoms with Gasteiger partial charge in [-0.3, -0.25) is 0 Å². The summed E-state index contributed by atoms with van der Waals surface area (Å²) >= 11 is 0. The Morgan fingerprint density at radius 1 is 1.33 bits per heavy atom. The van der Waals surface area contributed by atoms with Crippen molar-refractivity contribution in [1.82, 2.24) is 0 Å². The average Bonchev–Trinajstić information content (AvgIpc) is 2.30. The van der Waals surface area contributed by atoms with Crippen LogP contribution in [0.15, 0.2) is 18.2 Å². The average molecular weight is 255 g/mol. The molecule has 1 aromatic carbocycles. The minimum Gasteiger partial charge on any atom is -0.378 e. The summed E-state index contributed by atoms with van der Waals surface area (Å²) in [5.41, 5.74) is 6.67. The van der Waals surface area contributed by atoms with Gasteiger partial charge in [0.05, 0.1) is 6.10 Å². The second kappa shape index (κ2) is 5.76. The smallest absolute Gasteiger partial charge is 0.159 e. The van der Waals surface area contributed by atoms with Crippen LogP contribution in [-0.2, 0) is 4.74 Å². The molecule has 0 amide bonds. The normalized spacial score (nSPS) is 24.7. The summed E-state index contributed by atoms with van der Waals surface area (Å²) in [7, 11) is 0. The summed E-state index contributed by atoms with van der Waals surface area (Å²) in [5, 5.41) is 0. The molecule has 0 aliphatic heterocycles. The number of nitrogens with two attached hydrogens (primary N) is 1. The quantitative estimate of drug-likeness (QED) is 0.877. The van der Waals surface area contributed by atoms with Gasteiger partial charge in [-0.1, -0.05) is 6.07 Å². The Kier molecular flexibility index (Phi) is 4.30. The molecule has 0 bridgehead atoms. The zero-order valence-electron chi connectivity index (χ0n) is 10.5. The lowest BCUT2D eigenvalue weighted by Gasteiger charge is -2.36. The van der Waals surface area contributed by atoms with E-state index in [1.54, 1.807) is 6.07 Å². The van der Waals surface area contributed by atoms with E-state index in [2.05, 4.69) is 0 Å². The van der Waals surface area contributed by atoms with Gasteiger partial charge in [-0.05, 0) is 49.8 Å². The molecule has 1 aliphatic rings. The minimum absolute atomic E-state index is 0.229. The number of benzene rings is 1. The maximum absolute atomic E-state index is 13.1. The molecule has 4 heteroatoms. The van der Waals surface area contributed by atoms with E-state index in [9.17, 15) is 8.78 Å². The van der Waals surface area contributed by atoms with Crippen LogP contribution in [0.5, 0.6) is 0 Å². The van der Waals surface area contributed by atoms with Gasteiger partial charge >= 0.3 is 0 Å². The molecule has 0 heterocycles. The van der Waals surface area contributed by atoms with Gasteiger partial charge in [-0.2, -0.15) is 0 Å². The molecule has 2 N–H and O–H groups in total. The number of hydrogen-bond acceptors (Lipinski definition) is 2. The fraction of sp³-hybridized carbons (Fsp3) is 0.571. The third-order valence-corrected chi connectivity index (χ3v) is 3.55. The first-order valence-corrected chi connectivity index (χ1v) is 6.42. The molecule has 0 radical (unpaired) electrons. The Morgan fingerprint density at radius 2 is 2.06 bits per heavy atom.